The lowest BCUT2D eigenvalue weighted by Gasteiger charge is -2.32. The van der Waals surface area contributed by atoms with Gasteiger partial charge in [0.1, 0.15) is 11.9 Å². The molecule has 1 saturated carbocycles. The highest BCUT2D eigenvalue weighted by molar-refractivity contribution is 8.00. The van der Waals surface area contributed by atoms with Crippen LogP contribution in [0.3, 0.4) is 0 Å². The summed E-state index contributed by atoms with van der Waals surface area (Å²) in [5, 5.41) is 11.6. The number of hydrogen-bond acceptors (Lipinski definition) is 5. The molecule has 0 radical (unpaired) electrons. The van der Waals surface area contributed by atoms with Gasteiger partial charge in [-0.05, 0) is 41.5 Å². The molecule has 1 saturated heterocycles. The highest BCUT2D eigenvalue weighted by Gasteiger charge is 2.37. The summed E-state index contributed by atoms with van der Waals surface area (Å²) in [7, 11) is 0. The standard InChI is InChI=1S/C26H28N2O5S/c29-24(28-11-12-34-23(14-28)25(30)31)16-9-10-17(13-16)27-26(32)33-15-22-20-7-3-1-5-18(20)19-6-2-4-8-21(19)22/h1-8,16-17,22-23H,9-15H2,(H,27,32)(H,30,31)/t16-,17+,23?/m0/s1. The van der Waals surface area contributed by atoms with Gasteiger partial charge in [0.15, 0.2) is 0 Å². The minimum Gasteiger partial charge on any atom is -0.480 e. The molecular weight excluding hydrogens is 452 g/mol. The van der Waals surface area contributed by atoms with E-state index in [4.69, 9.17) is 4.74 Å². The number of nitrogens with one attached hydrogen (secondary N) is 1. The summed E-state index contributed by atoms with van der Waals surface area (Å²) in [4.78, 5) is 38.5. The van der Waals surface area contributed by atoms with Crippen molar-refractivity contribution >= 4 is 29.7 Å². The number of aliphatic carboxylic acids is 1. The highest BCUT2D eigenvalue weighted by Crippen LogP contribution is 2.44. The molecule has 7 nitrogen and oxygen atoms in total. The van der Waals surface area contributed by atoms with Crippen LogP contribution in [0, 0.1) is 5.92 Å². The van der Waals surface area contributed by atoms with E-state index in [0.29, 0.717) is 31.6 Å². The monoisotopic (exact) mass is 480 g/mol. The molecule has 3 aliphatic rings. The number of carbonyl (C=O) groups is 3. The Labute approximate surface area is 202 Å². The fraction of sp³-hybridized carbons (Fsp3) is 0.423. The number of fused-ring (bicyclic) bond motifs is 3. The predicted octanol–water partition coefficient (Wildman–Crippen LogP) is 3.72. The van der Waals surface area contributed by atoms with Crippen molar-refractivity contribution in [2.24, 2.45) is 5.92 Å². The van der Waals surface area contributed by atoms with Crippen LogP contribution in [0.1, 0.15) is 36.3 Å². The normalized spacial score (nSPS) is 23.8. The summed E-state index contributed by atoms with van der Waals surface area (Å²) in [6, 6.07) is 16.3. The van der Waals surface area contributed by atoms with Gasteiger partial charge in [-0.2, -0.15) is 0 Å². The van der Waals surface area contributed by atoms with Crippen molar-refractivity contribution in [1.82, 2.24) is 10.2 Å². The van der Waals surface area contributed by atoms with E-state index >= 15 is 0 Å². The molecule has 8 heteroatoms. The summed E-state index contributed by atoms with van der Waals surface area (Å²) in [5.74, 6) is -0.407. The quantitative estimate of drug-likeness (QED) is 0.677. The van der Waals surface area contributed by atoms with Crippen molar-refractivity contribution in [2.45, 2.75) is 36.5 Å². The largest absolute Gasteiger partial charge is 0.480 e. The number of alkyl carbamates (subject to hydrolysis) is 1. The molecule has 2 aromatic carbocycles. The average Bonchev–Trinajstić information content (AvgIpc) is 3.45. The SMILES string of the molecule is O=C(N[C@@H]1CC[C@H](C(=O)N2CCSC(C(=O)O)C2)C1)OCC1c2ccccc2-c2ccccc21. The van der Waals surface area contributed by atoms with Crippen LogP contribution in [0.4, 0.5) is 4.79 Å². The Morgan fingerprint density at radius 3 is 2.38 bits per heavy atom. The van der Waals surface area contributed by atoms with Crippen molar-refractivity contribution in [3.8, 4) is 11.1 Å². The number of nitrogens with zero attached hydrogens (tertiary/aromatic N) is 1. The maximum atomic E-state index is 12.9. The fourth-order valence-corrected chi connectivity index (χ4v) is 6.44. The molecule has 0 aromatic heterocycles. The van der Waals surface area contributed by atoms with Gasteiger partial charge in [-0.1, -0.05) is 48.5 Å². The van der Waals surface area contributed by atoms with Gasteiger partial charge >= 0.3 is 12.1 Å². The zero-order valence-electron chi connectivity index (χ0n) is 18.8. The fourth-order valence-electron chi connectivity index (χ4n) is 5.40. The Kier molecular flexibility index (Phi) is 6.50. The molecule has 34 heavy (non-hydrogen) atoms. The first-order valence-electron chi connectivity index (χ1n) is 11.8. The second-order valence-electron chi connectivity index (χ2n) is 9.16. The Balaban J connectivity index is 1.14. The van der Waals surface area contributed by atoms with Crippen molar-refractivity contribution in [1.29, 1.82) is 0 Å². The van der Waals surface area contributed by atoms with Crippen LogP contribution in [0.15, 0.2) is 48.5 Å². The summed E-state index contributed by atoms with van der Waals surface area (Å²) >= 11 is 1.38. The maximum Gasteiger partial charge on any atom is 0.407 e. The Morgan fingerprint density at radius 2 is 1.71 bits per heavy atom. The van der Waals surface area contributed by atoms with E-state index in [0.717, 1.165) is 0 Å². The number of amides is 2. The molecule has 1 heterocycles. The average molecular weight is 481 g/mol. The maximum absolute atomic E-state index is 12.9. The molecule has 0 bridgehead atoms. The lowest BCUT2D eigenvalue weighted by molar-refractivity contribution is -0.139. The van der Waals surface area contributed by atoms with Crippen LogP contribution < -0.4 is 5.32 Å². The third kappa shape index (κ3) is 4.51. The van der Waals surface area contributed by atoms with Gasteiger partial charge in [-0.25, -0.2) is 4.79 Å². The van der Waals surface area contributed by atoms with E-state index in [1.807, 2.05) is 24.3 Å². The lowest BCUT2D eigenvalue weighted by Crippen LogP contribution is -2.46. The molecule has 2 aliphatic carbocycles. The number of rotatable bonds is 5. The van der Waals surface area contributed by atoms with E-state index in [1.165, 1.54) is 34.0 Å². The minimum absolute atomic E-state index is 0.00314. The molecule has 178 valence electrons. The zero-order valence-corrected chi connectivity index (χ0v) is 19.6. The molecular formula is C26H28N2O5S. The van der Waals surface area contributed by atoms with Crippen LogP contribution in [0.5, 0.6) is 0 Å². The number of hydrogen-bond donors (Lipinski definition) is 2. The van der Waals surface area contributed by atoms with Crippen molar-refractivity contribution in [3.05, 3.63) is 59.7 Å². The summed E-state index contributed by atoms with van der Waals surface area (Å²) < 4.78 is 5.64. The van der Waals surface area contributed by atoms with Crippen LogP contribution in [0.2, 0.25) is 0 Å². The molecule has 0 spiro atoms. The lowest BCUT2D eigenvalue weighted by atomic mass is 9.98. The van der Waals surface area contributed by atoms with Gasteiger partial charge in [0.2, 0.25) is 5.91 Å². The van der Waals surface area contributed by atoms with E-state index in [9.17, 15) is 19.5 Å². The van der Waals surface area contributed by atoms with E-state index in [2.05, 4.69) is 29.6 Å². The van der Waals surface area contributed by atoms with E-state index in [-0.39, 0.29) is 36.9 Å². The smallest absolute Gasteiger partial charge is 0.407 e. The third-order valence-electron chi connectivity index (χ3n) is 7.10. The molecule has 2 N–H and O–H groups in total. The molecule has 2 fully saturated rings. The van der Waals surface area contributed by atoms with Gasteiger partial charge in [-0.3, -0.25) is 9.59 Å². The van der Waals surface area contributed by atoms with Crippen LogP contribution in [-0.2, 0) is 14.3 Å². The second kappa shape index (κ2) is 9.70. The van der Waals surface area contributed by atoms with Gasteiger partial charge < -0.3 is 20.1 Å². The van der Waals surface area contributed by atoms with Crippen molar-refractivity contribution in [3.63, 3.8) is 0 Å². The van der Waals surface area contributed by atoms with E-state index < -0.39 is 17.3 Å². The number of benzene rings is 2. The summed E-state index contributed by atoms with van der Waals surface area (Å²) in [6.07, 6.45) is 1.50. The third-order valence-corrected chi connectivity index (χ3v) is 8.27. The van der Waals surface area contributed by atoms with Gasteiger partial charge in [0.05, 0.1) is 0 Å². The van der Waals surface area contributed by atoms with E-state index in [1.54, 1.807) is 4.90 Å². The topological polar surface area (TPSA) is 95.9 Å². The summed E-state index contributed by atoms with van der Waals surface area (Å²) in [5.41, 5.74) is 4.71. The molecule has 2 aromatic rings. The molecule has 1 aliphatic heterocycles. The minimum atomic E-state index is -0.872. The predicted molar refractivity (Wildman–Crippen MR) is 130 cm³/mol. The Hall–Kier alpha value is -3.00. The van der Waals surface area contributed by atoms with Crippen LogP contribution >= 0.6 is 11.8 Å². The Morgan fingerprint density at radius 1 is 1.03 bits per heavy atom. The van der Waals surface area contributed by atoms with Crippen LogP contribution in [-0.4, -0.2) is 64.7 Å². The molecule has 5 rings (SSSR count). The zero-order chi connectivity index (χ0) is 23.7. The molecule has 1 unspecified atom stereocenters. The Bertz CT molecular complexity index is 1060. The number of thioether (sulfide) groups is 1. The first-order chi connectivity index (χ1) is 16.5. The van der Waals surface area contributed by atoms with Gasteiger partial charge in [0.25, 0.3) is 0 Å². The number of carboxylic acid groups (broad SMARTS) is 1. The highest BCUT2D eigenvalue weighted by atomic mass is 32.2. The first kappa shape index (κ1) is 22.8. The molecule has 3 atom stereocenters. The number of carbonyl (C=O) groups excluding carboxylic acids is 2. The second-order valence-corrected chi connectivity index (χ2v) is 10.5. The number of ether oxygens (including phenoxy) is 1. The summed E-state index contributed by atoms with van der Waals surface area (Å²) in [6.45, 7) is 1.09. The van der Waals surface area contributed by atoms with Crippen LogP contribution in [0.25, 0.3) is 11.1 Å². The number of carboxylic acids is 1. The molecule has 2 amide bonds. The van der Waals surface area contributed by atoms with Crippen molar-refractivity contribution in [2.75, 3.05) is 25.4 Å². The van der Waals surface area contributed by atoms with Crippen molar-refractivity contribution < 1.29 is 24.2 Å². The van der Waals surface area contributed by atoms with Gasteiger partial charge in [-0.15, -0.1) is 11.8 Å². The van der Waals surface area contributed by atoms with Gasteiger partial charge in [0, 0.05) is 36.7 Å². The first-order valence-corrected chi connectivity index (χ1v) is 12.8.